The molecule has 40 heavy (non-hydrogen) atoms. The molecule has 0 bridgehead atoms. The Morgan fingerprint density at radius 1 is 0.250 bits per heavy atom. The smallest absolute Gasteiger partial charge is 0.212 e. The number of hydrogen-bond donors (Lipinski definition) is 8. The maximum absolute atomic E-state index is 4.27. The summed E-state index contributed by atoms with van der Waals surface area (Å²) < 4.78 is 32.3. The van der Waals surface area contributed by atoms with Gasteiger partial charge in [0.1, 0.15) is 0 Å². The van der Waals surface area contributed by atoms with Crippen molar-refractivity contribution in [1.29, 1.82) is 0 Å². The molecule has 0 amide bonds. The third-order valence-electron chi connectivity index (χ3n) is 7.42. The summed E-state index contributed by atoms with van der Waals surface area (Å²) in [6.45, 7) is 52.2. The van der Waals surface area contributed by atoms with Crippen molar-refractivity contribution in [3.8, 4) is 0 Å². The third kappa shape index (κ3) is 9.69. The van der Waals surface area contributed by atoms with Crippen molar-refractivity contribution in [2.75, 3.05) is 0 Å². The van der Waals surface area contributed by atoms with Crippen molar-refractivity contribution in [1.82, 2.24) is 37.2 Å². The maximum Gasteiger partial charge on any atom is 0.212 e. The molecule has 0 aliphatic carbocycles. The van der Waals surface area contributed by atoms with Gasteiger partial charge in [0.15, 0.2) is 0 Å². The van der Waals surface area contributed by atoms with E-state index in [-0.39, 0.29) is 0 Å². The minimum atomic E-state index is -2.43. The summed E-state index contributed by atoms with van der Waals surface area (Å²) in [7, 11) is -19.5. The molecule has 0 aromatic carbocycles. The van der Waals surface area contributed by atoms with Crippen LogP contribution in [0.2, 0.25) is 52.4 Å². The Labute approximate surface area is 253 Å². The van der Waals surface area contributed by atoms with Crippen LogP contribution in [-0.4, -0.2) is 67.2 Å². The molecule has 0 spiro atoms. The van der Waals surface area contributed by atoms with Crippen LogP contribution in [0.3, 0.4) is 0 Å². The van der Waals surface area contributed by atoms with Crippen LogP contribution in [0, 0.1) is 0 Å². The van der Waals surface area contributed by atoms with E-state index in [9.17, 15) is 0 Å². The van der Waals surface area contributed by atoms with Crippen LogP contribution in [0.4, 0.5) is 0 Å². The largest absolute Gasteiger partial charge is 0.330 e. The summed E-state index contributed by atoms with van der Waals surface area (Å²) in [4.78, 5) is 0. The zero-order valence-electron chi connectivity index (χ0n) is 26.3. The minimum absolute atomic E-state index is 2.07. The molecule has 0 aromatic rings. The van der Waals surface area contributed by atoms with Gasteiger partial charge in [0.05, 0.1) is 0 Å². The Bertz CT molecular complexity index is 778. The highest BCUT2D eigenvalue weighted by atomic mass is 28.5. The number of hydrogen-bond acceptors (Lipinski definition) is 8. The van der Waals surface area contributed by atoms with Crippen LogP contribution in [-0.2, 0) is 0 Å². The molecule has 0 atom stereocenters. The van der Waals surface area contributed by atoms with Gasteiger partial charge >= 0.3 is 0 Å². The van der Waals surface area contributed by atoms with Crippen LogP contribution < -0.4 is 37.2 Å². The van der Waals surface area contributed by atoms with Gasteiger partial charge in [-0.15, -0.1) is 52.6 Å². The molecule has 1 rings (SSSR count). The van der Waals surface area contributed by atoms with Crippen molar-refractivity contribution in [2.24, 2.45) is 0 Å². The molecule has 16 heteroatoms. The van der Waals surface area contributed by atoms with E-state index in [0.717, 1.165) is 0 Å². The van der Waals surface area contributed by atoms with Gasteiger partial charge in [-0.25, -0.2) is 0 Å². The molecular weight excluding hydrogens is 625 g/mol. The van der Waals surface area contributed by atoms with Gasteiger partial charge in [-0.05, 0) is 52.4 Å². The first-order chi connectivity index (χ1) is 18.1. The fraction of sp³-hybridized carbons (Fsp3) is 0.333. The first kappa shape index (κ1) is 37.4. The van der Waals surface area contributed by atoms with E-state index < -0.39 is 67.2 Å². The van der Waals surface area contributed by atoms with Crippen molar-refractivity contribution in [3.63, 3.8) is 0 Å². The highest BCUT2D eigenvalue weighted by Gasteiger charge is 2.49. The van der Waals surface area contributed by atoms with E-state index in [1.54, 1.807) is 0 Å². The summed E-state index contributed by atoms with van der Waals surface area (Å²) in [5.74, 6) is 0. The van der Waals surface area contributed by atoms with Gasteiger partial charge in [0.2, 0.25) is 67.2 Å². The summed E-state index contributed by atoms with van der Waals surface area (Å²) in [6, 6.07) is 0. The van der Waals surface area contributed by atoms with Crippen molar-refractivity contribution >= 4 is 67.2 Å². The first-order valence-electron chi connectivity index (χ1n) is 13.6. The predicted octanol–water partition coefficient (Wildman–Crippen LogP) is 3.09. The zero-order chi connectivity index (χ0) is 31.3. The second kappa shape index (κ2) is 13.3. The van der Waals surface area contributed by atoms with E-state index in [1.165, 1.54) is 0 Å². The zero-order valence-corrected chi connectivity index (χ0v) is 34.3. The molecule has 0 saturated carbocycles. The van der Waals surface area contributed by atoms with E-state index in [0.29, 0.717) is 0 Å². The van der Waals surface area contributed by atoms with Crippen LogP contribution in [0.25, 0.3) is 0 Å². The van der Waals surface area contributed by atoms with Crippen molar-refractivity contribution < 1.29 is 0 Å². The van der Waals surface area contributed by atoms with Gasteiger partial charge in [-0.2, -0.15) is 0 Å². The Balaban J connectivity index is 3.94. The highest BCUT2D eigenvalue weighted by Crippen LogP contribution is 2.16. The third-order valence-corrected chi connectivity index (χ3v) is 47.2. The molecule has 0 unspecified atom stereocenters. The van der Waals surface area contributed by atoms with Gasteiger partial charge in [-0.3, -0.25) is 0 Å². The fourth-order valence-electron chi connectivity index (χ4n) is 5.38. The fourth-order valence-corrected chi connectivity index (χ4v) is 52.9. The average Bonchev–Trinajstić information content (AvgIpc) is 2.87. The average molecular weight is 681 g/mol. The molecule has 1 heterocycles. The lowest BCUT2D eigenvalue weighted by atomic mass is 11.3. The van der Waals surface area contributed by atoms with Crippen LogP contribution in [0.1, 0.15) is 0 Å². The highest BCUT2D eigenvalue weighted by molar-refractivity contribution is 7.11. The minimum Gasteiger partial charge on any atom is -0.330 e. The summed E-state index contributed by atoms with van der Waals surface area (Å²) in [5, 5.41) is 0. The Morgan fingerprint density at radius 3 is 0.375 bits per heavy atom. The first-order valence-corrected chi connectivity index (χ1v) is 34.2. The predicted molar refractivity (Wildman–Crippen MR) is 200 cm³/mol. The Kier molecular flexibility index (Phi) is 12.4. The molecule has 8 nitrogen and oxygen atoms in total. The molecule has 224 valence electrons. The Morgan fingerprint density at radius 2 is 0.325 bits per heavy atom. The molecule has 1 fully saturated rings. The van der Waals surface area contributed by atoms with Crippen LogP contribution in [0.15, 0.2) is 98.2 Å². The lowest BCUT2D eigenvalue weighted by Crippen LogP contribution is -2.88. The van der Waals surface area contributed by atoms with E-state index in [1.807, 2.05) is 0 Å². The normalized spacial score (nSPS) is 45.8. The topological polar surface area (TPSA) is 96.2 Å². The second-order valence-electron chi connectivity index (χ2n) is 12.3. The second-order valence-corrected chi connectivity index (χ2v) is 42.8. The van der Waals surface area contributed by atoms with Gasteiger partial charge in [0.25, 0.3) is 0 Å². The van der Waals surface area contributed by atoms with E-state index in [2.05, 4.69) is 188 Å². The quantitative estimate of drug-likeness (QED) is 0.186. The number of nitrogens with one attached hydrogen (secondary N) is 8. The van der Waals surface area contributed by atoms with Crippen LogP contribution in [0.5, 0.6) is 0 Å². The number of rotatable bonds is 8. The molecule has 0 aromatic heterocycles. The lowest BCUT2D eigenvalue weighted by Gasteiger charge is -2.49. The SMILES string of the molecule is C=C[Si]1(C)N[Si](C)(C=C)N[Si](C)(C=C)N[Si](C)(C=C)N[Si](C)(C=C)N[Si](C)(C=C)N[Si](C)(C=C)N[Si](C)(C=C)N1. The molecular formula is C24H56N8Si8. The summed E-state index contributed by atoms with van der Waals surface area (Å²) in [5.41, 5.74) is 16.5. The van der Waals surface area contributed by atoms with Crippen LogP contribution >= 0.6 is 0 Å². The van der Waals surface area contributed by atoms with Crippen molar-refractivity contribution in [2.45, 2.75) is 52.4 Å². The molecule has 8 N–H and O–H groups in total. The van der Waals surface area contributed by atoms with Gasteiger partial charge < -0.3 is 37.2 Å². The Hall–Kier alpha value is -0.665. The van der Waals surface area contributed by atoms with Gasteiger partial charge in [0, 0.05) is 0 Å². The summed E-state index contributed by atoms with van der Waals surface area (Å²) in [6.07, 6.45) is 0. The standard InChI is InChI=1S/C24H56N8Si8/c1-17-33(9)25-34(10,18-2)27-36(12,20-4)29-38(14,22-6)31-40(16,24-8)32-39(15,23-7)30-37(13,21-5)28-35(11,19-3)26-33/h17-32H,1-8H2,9-16H3. The molecule has 1 aliphatic heterocycles. The monoisotopic (exact) mass is 680 g/mol. The molecule has 1 aliphatic rings. The molecule has 1 saturated heterocycles. The van der Waals surface area contributed by atoms with E-state index >= 15 is 0 Å². The molecule has 0 radical (unpaired) electrons. The van der Waals surface area contributed by atoms with Crippen molar-refractivity contribution in [3.05, 3.63) is 98.2 Å². The summed E-state index contributed by atoms with van der Waals surface area (Å²) >= 11 is 0. The maximum atomic E-state index is 4.27. The van der Waals surface area contributed by atoms with E-state index in [4.69, 9.17) is 0 Å². The lowest BCUT2D eigenvalue weighted by molar-refractivity contribution is 1.07. The van der Waals surface area contributed by atoms with Gasteiger partial charge in [-0.1, -0.05) is 45.6 Å².